The van der Waals surface area contributed by atoms with E-state index in [1.54, 1.807) is 0 Å². The lowest BCUT2D eigenvalue weighted by atomic mass is 9.84. The summed E-state index contributed by atoms with van der Waals surface area (Å²) in [5.74, 6) is -1.88. The van der Waals surface area contributed by atoms with Gasteiger partial charge in [-0.05, 0) is 19.8 Å². The number of hydrogen-bond donors (Lipinski definition) is 1. The van der Waals surface area contributed by atoms with E-state index >= 15 is 0 Å². The molecule has 1 rings (SSSR count). The van der Waals surface area contributed by atoms with Crippen LogP contribution in [0.1, 0.15) is 26.2 Å². The van der Waals surface area contributed by atoms with E-state index in [1.807, 2.05) is 0 Å². The molecule has 15 heavy (non-hydrogen) atoms. The Morgan fingerprint density at radius 1 is 1.60 bits per heavy atom. The van der Waals surface area contributed by atoms with Gasteiger partial charge in [-0.3, -0.25) is 9.59 Å². The van der Waals surface area contributed by atoms with Gasteiger partial charge < -0.3 is 14.6 Å². The zero-order valence-corrected chi connectivity index (χ0v) is 8.99. The number of carboxylic acid groups (broad SMARTS) is 1. The molecule has 0 bridgehead atoms. The van der Waals surface area contributed by atoms with Gasteiger partial charge in [0.2, 0.25) is 0 Å². The Balaban J connectivity index is 2.72. The van der Waals surface area contributed by atoms with Crippen molar-refractivity contribution in [3.63, 3.8) is 0 Å². The van der Waals surface area contributed by atoms with Crippen LogP contribution in [0.25, 0.3) is 0 Å². The van der Waals surface area contributed by atoms with Gasteiger partial charge in [0.1, 0.15) is 0 Å². The Hall–Kier alpha value is -1.10. The first-order valence-corrected chi connectivity index (χ1v) is 4.94. The molecule has 1 saturated heterocycles. The number of carbonyl (C=O) groups is 2. The fraction of sp³-hybridized carbons (Fsp3) is 0.800. The Morgan fingerprint density at radius 3 is 2.67 bits per heavy atom. The maximum atomic E-state index is 11.4. The van der Waals surface area contributed by atoms with Crippen LogP contribution in [0.4, 0.5) is 0 Å². The van der Waals surface area contributed by atoms with Gasteiger partial charge in [-0.25, -0.2) is 0 Å². The Bertz CT molecular complexity index is 257. The summed E-state index contributed by atoms with van der Waals surface area (Å²) < 4.78 is 9.83. The van der Waals surface area contributed by atoms with Crippen molar-refractivity contribution < 1.29 is 24.2 Å². The molecule has 1 aliphatic rings. The van der Waals surface area contributed by atoms with Gasteiger partial charge in [0, 0.05) is 13.0 Å². The number of aliphatic carboxylic acids is 1. The highest BCUT2D eigenvalue weighted by molar-refractivity contribution is 5.98. The molecule has 0 aromatic heterocycles. The van der Waals surface area contributed by atoms with Crippen LogP contribution in [0, 0.1) is 5.41 Å². The van der Waals surface area contributed by atoms with E-state index < -0.39 is 17.4 Å². The van der Waals surface area contributed by atoms with Gasteiger partial charge in [-0.15, -0.1) is 0 Å². The molecule has 2 atom stereocenters. The van der Waals surface area contributed by atoms with Gasteiger partial charge in [0.05, 0.1) is 13.2 Å². The van der Waals surface area contributed by atoms with Crippen molar-refractivity contribution in [2.75, 3.05) is 13.7 Å². The van der Waals surface area contributed by atoms with E-state index in [4.69, 9.17) is 9.84 Å². The third kappa shape index (κ3) is 2.47. The number of carboxylic acids is 1. The summed E-state index contributed by atoms with van der Waals surface area (Å²) in [5.41, 5.74) is -1.50. The summed E-state index contributed by atoms with van der Waals surface area (Å²) in [6.07, 6.45) is 1.75. The van der Waals surface area contributed by atoms with Crippen LogP contribution in [-0.4, -0.2) is 36.9 Å². The van der Waals surface area contributed by atoms with Gasteiger partial charge in [-0.1, -0.05) is 0 Å². The molecule has 0 aromatic carbocycles. The summed E-state index contributed by atoms with van der Waals surface area (Å²) in [6.45, 7) is 2.02. The molecule has 1 N–H and O–H groups in total. The topological polar surface area (TPSA) is 72.8 Å². The number of esters is 1. The number of hydrogen-bond acceptors (Lipinski definition) is 4. The maximum absolute atomic E-state index is 11.4. The molecular weight excluding hydrogens is 200 g/mol. The minimum Gasteiger partial charge on any atom is -0.480 e. The molecule has 0 aliphatic carbocycles. The highest BCUT2D eigenvalue weighted by atomic mass is 16.5. The van der Waals surface area contributed by atoms with Crippen LogP contribution in [-0.2, 0) is 19.1 Å². The molecule has 2 unspecified atom stereocenters. The van der Waals surface area contributed by atoms with E-state index in [0.29, 0.717) is 6.61 Å². The van der Waals surface area contributed by atoms with Crippen molar-refractivity contribution in [2.45, 2.75) is 32.3 Å². The second kappa shape index (κ2) is 4.61. The SMILES string of the molecule is COC(=O)C(C)(CC1CCCO1)C(=O)O. The van der Waals surface area contributed by atoms with Gasteiger partial charge in [0.15, 0.2) is 5.41 Å². The minimum atomic E-state index is -1.50. The van der Waals surface area contributed by atoms with Crippen molar-refractivity contribution in [2.24, 2.45) is 5.41 Å². The average molecular weight is 216 g/mol. The predicted molar refractivity (Wildman–Crippen MR) is 51.3 cm³/mol. The molecule has 5 nitrogen and oxygen atoms in total. The van der Waals surface area contributed by atoms with Crippen LogP contribution in [0.3, 0.4) is 0 Å². The molecule has 0 amide bonds. The second-order valence-electron chi connectivity index (χ2n) is 3.97. The third-order valence-corrected chi connectivity index (χ3v) is 2.77. The molecule has 0 radical (unpaired) electrons. The third-order valence-electron chi connectivity index (χ3n) is 2.77. The molecule has 0 saturated carbocycles. The molecule has 0 spiro atoms. The summed E-state index contributed by atoms with van der Waals surface area (Å²) in [7, 11) is 1.19. The van der Waals surface area contributed by atoms with Crippen LogP contribution < -0.4 is 0 Å². The van der Waals surface area contributed by atoms with Crippen molar-refractivity contribution in [1.29, 1.82) is 0 Å². The lowest BCUT2D eigenvalue weighted by Gasteiger charge is -2.24. The van der Waals surface area contributed by atoms with Crippen molar-refractivity contribution in [1.82, 2.24) is 0 Å². The monoisotopic (exact) mass is 216 g/mol. The summed E-state index contributed by atoms with van der Waals surface area (Å²) in [5, 5.41) is 9.04. The number of rotatable bonds is 4. The summed E-state index contributed by atoms with van der Waals surface area (Å²) >= 11 is 0. The zero-order valence-electron chi connectivity index (χ0n) is 8.99. The molecular formula is C10H16O5. The van der Waals surface area contributed by atoms with Crippen LogP contribution in [0.2, 0.25) is 0 Å². The lowest BCUT2D eigenvalue weighted by molar-refractivity contribution is -0.168. The van der Waals surface area contributed by atoms with Crippen molar-refractivity contribution in [3.8, 4) is 0 Å². The van der Waals surface area contributed by atoms with Crippen molar-refractivity contribution >= 4 is 11.9 Å². The number of carbonyl (C=O) groups excluding carboxylic acids is 1. The fourth-order valence-electron chi connectivity index (χ4n) is 1.74. The second-order valence-corrected chi connectivity index (χ2v) is 3.97. The molecule has 0 aromatic rings. The Labute approximate surface area is 88.4 Å². The van der Waals surface area contributed by atoms with Crippen LogP contribution in [0.15, 0.2) is 0 Å². The summed E-state index contributed by atoms with van der Waals surface area (Å²) in [4.78, 5) is 22.5. The highest BCUT2D eigenvalue weighted by Gasteiger charge is 2.45. The fourth-order valence-corrected chi connectivity index (χ4v) is 1.74. The van der Waals surface area contributed by atoms with Gasteiger partial charge >= 0.3 is 11.9 Å². The van der Waals surface area contributed by atoms with Crippen molar-refractivity contribution in [3.05, 3.63) is 0 Å². The Kier molecular flexibility index (Phi) is 3.68. The molecule has 5 heteroatoms. The van der Waals surface area contributed by atoms with E-state index in [9.17, 15) is 9.59 Å². The maximum Gasteiger partial charge on any atom is 0.323 e. The van der Waals surface area contributed by atoms with E-state index in [2.05, 4.69) is 4.74 Å². The average Bonchev–Trinajstić information content (AvgIpc) is 2.68. The quantitative estimate of drug-likeness (QED) is 0.556. The highest BCUT2D eigenvalue weighted by Crippen LogP contribution is 2.30. The van der Waals surface area contributed by atoms with E-state index in [0.717, 1.165) is 12.8 Å². The van der Waals surface area contributed by atoms with Crippen LogP contribution >= 0.6 is 0 Å². The molecule has 1 aliphatic heterocycles. The molecule has 1 heterocycles. The first-order chi connectivity index (χ1) is 7.00. The van der Waals surface area contributed by atoms with Gasteiger partial charge in [-0.2, -0.15) is 0 Å². The van der Waals surface area contributed by atoms with E-state index in [1.165, 1.54) is 14.0 Å². The molecule has 86 valence electrons. The largest absolute Gasteiger partial charge is 0.480 e. The number of methoxy groups -OCH3 is 1. The Morgan fingerprint density at radius 2 is 2.27 bits per heavy atom. The zero-order chi connectivity index (χ0) is 11.5. The first kappa shape index (κ1) is 12.0. The van der Waals surface area contributed by atoms with Crippen LogP contribution in [0.5, 0.6) is 0 Å². The van der Waals surface area contributed by atoms with Gasteiger partial charge in [0.25, 0.3) is 0 Å². The normalized spacial score (nSPS) is 24.5. The lowest BCUT2D eigenvalue weighted by Crippen LogP contribution is -2.40. The standard InChI is InChI=1S/C10H16O5/c1-10(8(11)12,9(13)14-2)6-7-4-3-5-15-7/h7H,3-6H2,1-2H3,(H,11,12). The predicted octanol–water partition coefficient (Wildman–Crippen LogP) is 0.819. The number of ether oxygens (including phenoxy) is 2. The first-order valence-electron chi connectivity index (χ1n) is 4.94. The molecule has 1 fully saturated rings. The summed E-state index contributed by atoms with van der Waals surface area (Å²) in [6, 6.07) is 0. The van der Waals surface area contributed by atoms with E-state index in [-0.39, 0.29) is 12.5 Å². The smallest absolute Gasteiger partial charge is 0.323 e. The minimum absolute atomic E-state index is 0.148.